The van der Waals surface area contributed by atoms with E-state index in [4.69, 9.17) is 0 Å². The molecule has 2 atom stereocenters. The number of carbonyl (C=O) groups excluding carboxylic acids is 2. The molecule has 7 heteroatoms. The first-order valence-electron chi connectivity index (χ1n) is 9.71. The van der Waals surface area contributed by atoms with Crippen LogP contribution in [0.1, 0.15) is 42.7 Å². The summed E-state index contributed by atoms with van der Waals surface area (Å²) in [6.45, 7) is 0.675. The first-order valence-corrected chi connectivity index (χ1v) is 9.71. The molecule has 0 bridgehead atoms. The van der Waals surface area contributed by atoms with Gasteiger partial charge in [0.25, 0.3) is 0 Å². The number of amides is 2. The Kier molecular flexibility index (Phi) is 5.06. The number of carbonyl (C=O) groups is 2. The summed E-state index contributed by atoms with van der Waals surface area (Å²) in [5, 5.41) is 2.88. The molecule has 2 fully saturated rings. The predicted molar refractivity (Wildman–Crippen MR) is 104 cm³/mol. The van der Waals surface area contributed by atoms with E-state index in [1.165, 1.54) is 12.1 Å². The fourth-order valence-electron chi connectivity index (χ4n) is 3.84. The Bertz CT molecular complexity index is 924. The standard InChI is InChI=1S/C22H21F3N2O2/c23-22(24,25)15-9-7-14(8-10-15)18-13-19(18)21(29)26-16-4-3-5-17(12-16)27-11-2-1-6-20(27)28/h3-5,7-10,12,18-19H,1-2,6,11,13H2,(H,26,29). The minimum atomic E-state index is -4.36. The fourth-order valence-corrected chi connectivity index (χ4v) is 3.84. The first-order chi connectivity index (χ1) is 13.8. The highest BCUT2D eigenvalue weighted by molar-refractivity contribution is 5.97. The molecule has 1 aliphatic heterocycles. The molecule has 2 unspecified atom stereocenters. The number of rotatable bonds is 4. The van der Waals surface area contributed by atoms with Crippen molar-refractivity contribution >= 4 is 23.2 Å². The molecule has 4 nitrogen and oxygen atoms in total. The van der Waals surface area contributed by atoms with Crippen LogP contribution in [-0.4, -0.2) is 18.4 Å². The minimum Gasteiger partial charge on any atom is -0.326 e. The summed E-state index contributed by atoms with van der Waals surface area (Å²) < 4.78 is 38.1. The van der Waals surface area contributed by atoms with E-state index < -0.39 is 11.7 Å². The second kappa shape index (κ2) is 7.54. The van der Waals surface area contributed by atoms with Crippen molar-refractivity contribution in [2.75, 3.05) is 16.8 Å². The van der Waals surface area contributed by atoms with E-state index in [2.05, 4.69) is 5.32 Å². The number of alkyl halides is 3. The lowest BCUT2D eigenvalue weighted by atomic mass is 10.1. The van der Waals surface area contributed by atoms with Crippen LogP contribution in [0, 0.1) is 5.92 Å². The van der Waals surface area contributed by atoms with Gasteiger partial charge in [-0.3, -0.25) is 9.59 Å². The summed E-state index contributed by atoms with van der Waals surface area (Å²) in [6.07, 6.45) is -1.35. The molecule has 4 rings (SSSR count). The van der Waals surface area contributed by atoms with Crippen LogP contribution >= 0.6 is 0 Å². The van der Waals surface area contributed by atoms with Crippen LogP contribution < -0.4 is 10.2 Å². The molecule has 152 valence electrons. The summed E-state index contributed by atoms with van der Waals surface area (Å²) in [7, 11) is 0. The second-order valence-corrected chi connectivity index (χ2v) is 7.61. The smallest absolute Gasteiger partial charge is 0.326 e. The molecular weight excluding hydrogens is 381 g/mol. The van der Waals surface area contributed by atoms with Gasteiger partial charge in [0.1, 0.15) is 0 Å². The van der Waals surface area contributed by atoms with Crippen LogP contribution in [0.2, 0.25) is 0 Å². The first kappa shape index (κ1) is 19.5. The van der Waals surface area contributed by atoms with Gasteiger partial charge in [-0.25, -0.2) is 0 Å². The molecule has 2 aromatic rings. The van der Waals surface area contributed by atoms with Crippen LogP contribution in [0.25, 0.3) is 0 Å². The molecule has 2 aromatic carbocycles. The Labute approximate surface area is 166 Å². The molecule has 1 N–H and O–H groups in total. The van der Waals surface area contributed by atoms with E-state index in [1.54, 1.807) is 23.1 Å². The summed E-state index contributed by atoms with van der Waals surface area (Å²) in [4.78, 5) is 26.4. The topological polar surface area (TPSA) is 49.4 Å². The normalized spacial score (nSPS) is 21.8. The summed E-state index contributed by atoms with van der Waals surface area (Å²) in [5.74, 6) is -0.391. The Balaban J connectivity index is 1.39. The van der Waals surface area contributed by atoms with Crippen LogP contribution in [0.15, 0.2) is 48.5 Å². The molecule has 29 heavy (non-hydrogen) atoms. The average Bonchev–Trinajstić information content (AvgIpc) is 3.49. The maximum absolute atomic E-state index is 12.7. The van der Waals surface area contributed by atoms with E-state index >= 15 is 0 Å². The number of nitrogens with zero attached hydrogens (tertiary/aromatic N) is 1. The predicted octanol–water partition coefficient (Wildman–Crippen LogP) is 4.96. The number of halogens is 3. The van der Waals surface area contributed by atoms with Gasteiger partial charge in [-0.2, -0.15) is 13.2 Å². The van der Waals surface area contributed by atoms with Gasteiger partial charge in [0, 0.05) is 30.3 Å². The molecule has 0 aromatic heterocycles. The van der Waals surface area contributed by atoms with Crippen LogP contribution in [0.5, 0.6) is 0 Å². The lowest BCUT2D eigenvalue weighted by Gasteiger charge is -2.27. The SMILES string of the molecule is O=C(Nc1cccc(N2CCCCC2=O)c1)C1CC1c1ccc(C(F)(F)F)cc1. The number of hydrogen-bond acceptors (Lipinski definition) is 2. The molecular formula is C22H21F3N2O2. The van der Waals surface area contributed by atoms with E-state index in [0.29, 0.717) is 25.1 Å². The van der Waals surface area contributed by atoms with Crippen LogP contribution in [0.4, 0.5) is 24.5 Å². The number of benzene rings is 2. The average molecular weight is 402 g/mol. The van der Waals surface area contributed by atoms with Crippen LogP contribution in [-0.2, 0) is 15.8 Å². The Hall–Kier alpha value is -2.83. The zero-order chi connectivity index (χ0) is 20.6. The quantitative estimate of drug-likeness (QED) is 0.786. The van der Waals surface area contributed by atoms with Crippen molar-refractivity contribution in [3.8, 4) is 0 Å². The highest BCUT2D eigenvalue weighted by Crippen LogP contribution is 2.48. The molecule has 2 aliphatic rings. The zero-order valence-corrected chi connectivity index (χ0v) is 15.7. The third kappa shape index (κ3) is 4.28. The maximum Gasteiger partial charge on any atom is 0.416 e. The highest BCUT2D eigenvalue weighted by Gasteiger charge is 2.44. The molecule has 0 radical (unpaired) electrons. The largest absolute Gasteiger partial charge is 0.416 e. The Morgan fingerprint density at radius 1 is 1.07 bits per heavy atom. The second-order valence-electron chi connectivity index (χ2n) is 7.61. The molecule has 2 amide bonds. The molecule has 1 heterocycles. The fraction of sp³-hybridized carbons (Fsp3) is 0.364. The lowest BCUT2D eigenvalue weighted by molar-refractivity contribution is -0.137. The van der Waals surface area contributed by atoms with Crippen molar-refractivity contribution in [3.05, 3.63) is 59.7 Å². The molecule has 1 saturated carbocycles. The summed E-state index contributed by atoms with van der Waals surface area (Å²) >= 11 is 0. The van der Waals surface area contributed by atoms with E-state index in [-0.39, 0.29) is 23.7 Å². The van der Waals surface area contributed by atoms with Gasteiger partial charge in [-0.05, 0) is 61.1 Å². The van der Waals surface area contributed by atoms with Crippen molar-refractivity contribution in [1.82, 2.24) is 0 Å². The third-order valence-corrected chi connectivity index (χ3v) is 5.54. The van der Waals surface area contributed by atoms with Crippen molar-refractivity contribution in [2.45, 2.75) is 37.8 Å². The lowest BCUT2D eigenvalue weighted by Crippen LogP contribution is -2.35. The van der Waals surface area contributed by atoms with Crippen molar-refractivity contribution in [1.29, 1.82) is 0 Å². The van der Waals surface area contributed by atoms with E-state index in [1.807, 2.05) is 6.07 Å². The molecule has 1 saturated heterocycles. The maximum atomic E-state index is 12.7. The van der Waals surface area contributed by atoms with Gasteiger partial charge < -0.3 is 10.2 Å². The number of nitrogens with one attached hydrogen (secondary N) is 1. The van der Waals surface area contributed by atoms with Gasteiger partial charge in [0.15, 0.2) is 0 Å². The van der Waals surface area contributed by atoms with E-state index in [0.717, 1.165) is 36.2 Å². The van der Waals surface area contributed by atoms with E-state index in [9.17, 15) is 22.8 Å². The summed E-state index contributed by atoms with van der Waals surface area (Å²) in [6, 6.07) is 12.2. The molecule has 0 spiro atoms. The third-order valence-electron chi connectivity index (χ3n) is 5.54. The monoisotopic (exact) mass is 402 g/mol. The van der Waals surface area contributed by atoms with Crippen LogP contribution in [0.3, 0.4) is 0 Å². The number of anilines is 2. The van der Waals surface area contributed by atoms with Crippen molar-refractivity contribution < 1.29 is 22.8 Å². The number of hydrogen-bond donors (Lipinski definition) is 1. The number of piperidine rings is 1. The van der Waals surface area contributed by atoms with Gasteiger partial charge in [-0.15, -0.1) is 0 Å². The van der Waals surface area contributed by atoms with Gasteiger partial charge >= 0.3 is 6.18 Å². The van der Waals surface area contributed by atoms with Gasteiger partial charge in [0.05, 0.1) is 5.56 Å². The highest BCUT2D eigenvalue weighted by atomic mass is 19.4. The minimum absolute atomic E-state index is 0.0656. The zero-order valence-electron chi connectivity index (χ0n) is 15.7. The summed E-state index contributed by atoms with van der Waals surface area (Å²) in [5.41, 5.74) is 1.43. The van der Waals surface area contributed by atoms with Gasteiger partial charge in [0.2, 0.25) is 11.8 Å². The van der Waals surface area contributed by atoms with Crippen molar-refractivity contribution in [3.63, 3.8) is 0 Å². The Morgan fingerprint density at radius 2 is 1.83 bits per heavy atom. The van der Waals surface area contributed by atoms with Crippen molar-refractivity contribution in [2.24, 2.45) is 5.92 Å². The Morgan fingerprint density at radius 3 is 2.52 bits per heavy atom. The van der Waals surface area contributed by atoms with Gasteiger partial charge in [-0.1, -0.05) is 18.2 Å². The molecule has 1 aliphatic carbocycles.